The molecule has 0 aliphatic rings. The average molecular weight is 638 g/mol. The van der Waals surface area contributed by atoms with Gasteiger partial charge in [0.1, 0.15) is 41.9 Å². The van der Waals surface area contributed by atoms with E-state index in [0.29, 0.717) is 16.9 Å². The smallest absolute Gasteiger partial charge is 0.262 e. The van der Waals surface area contributed by atoms with Crippen molar-refractivity contribution in [2.75, 3.05) is 6.61 Å². The van der Waals surface area contributed by atoms with Gasteiger partial charge in [0.15, 0.2) is 0 Å². The number of halogens is 1. The van der Waals surface area contributed by atoms with Gasteiger partial charge >= 0.3 is 0 Å². The first-order valence-corrected chi connectivity index (χ1v) is 14.8. The number of carbonyl (C=O) groups is 4. The number of nitriles is 1. The minimum Gasteiger partial charge on any atom is -0.491 e. The third-order valence-corrected chi connectivity index (χ3v) is 6.49. The summed E-state index contributed by atoms with van der Waals surface area (Å²) < 4.78 is 20.2. The molecule has 2 aromatic rings. The maximum atomic E-state index is 14.4. The zero-order valence-corrected chi connectivity index (χ0v) is 27.6. The lowest BCUT2D eigenvalue weighted by atomic mass is 9.94. The lowest BCUT2D eigenvalue weighted by molar-refractivity contribution is -0.137. The van der Waals surface area contributed by atoms with Crippen LogP contribution >= 0.6 is 0 Å². The van der Waals surface area contributed by atoms with Gasteiger partial charge in [0.2, 0.25) is 17.7 Å². The maximum Gasteiger partial charge on any atom is 0.262 e. The SMILES string of the molecule is Cc1ccc(CNC(=O)C(COc2ccc(C=C(C#N)C(=O)NC(C)(C)C)cc2)NC(=O)C(NC(=O)C(C)(C)C)C(C)O)c(F)c1. The van der Waals surface area contributed by atoms with Gasteiger partial charge in [-0.05, 0) is 70.0 Å². The van der Waals surface area contributed by atoms with Crippen LogP contribution in [-0.4, -0.2) is 59.1 Å². The zero-order valence-electron chi connectivity index (χ0n) is 27.6. The molecule has 0 aromatic heterocycles. The molecule has 0 bridgehead atoms. The number of amides is 4. The lowest BCUT2D eigenvalue weighted by Crippen LogP contribution is -2.59. The Bertz CT molecular complexity index is 1480. The first-order valence-electron chi connectivity index (χ1n) is 14.8. The summed E-state index contributed by atoms with van der Waals surface area (Å²) in [6, 6.07) is 10.1. The number of aryl methyl sites for hydroxylation is 1. The van der Waals surface area contributed by atoms with Gasteiger partial charge in [-0.25, -0.2) is 4.39 Å². The van der Waals surface area contributed by atoms with E-state index in [9.17, 15) is 33.9 Å². The van der Waals surface area contributed by atoms with E-state index in [1.807, 2.05) is 6.07 Å². The Kier molecular flexibility index (Phi) is 13.0. The summed E-state index contributed by atoms with van der Waals surface area (Å²) in [5.41, 5.74) is 0.0400. The largest absolute Gasteiger partial charge is 0.491 e. The predicted molar refractivity (Wildman–Crippen MR) is 171 cm³/mol. The minimum atomic E-state index is -1.37. The number of ether oxygens (including phenoxy) is 1. The molecule has 46 heavy (non-hydrogen) atoms. The van der Waals surface area contributed by atoms with Gasteiger partial charge in [0, 0.05) is 23.1 Å². The highest BCUT2D eigenvalue weighted by Gasteiger charge is 2.33. The molecule has 4 amide bonds. The van der Waals surface area contributed by atoms with Crippen molar-refractivity contribution in [3.05, 3.63) is 70.5 Å². The second-order valence-electron chi connectivity index (χ2n) is 13.1. The van der Waals surface area contributed by atoms with E-state index < -0.39 is 58.6 Å². The van der Waals surface area contributed by atoms with E-state index in [4.69, 9.17) is 4.74 Å². The predicted octanol–water partition coefficient (Wildman–Crippen LogP) is 3.05. The summed E-state index contributed by atoms with van der Waals surface area (Å²) in [5.74, 6) is -2.70. The van der Waals surface area contributed by atoms with Gasteiger partial charge in [-0.1, -0.05) is 45.0 Å². The molecule has 0 aliphatic heterocycles. The number of nitrogens with zero attached hydrogens (tertiary/aromatic N) is 1. The highest BCUT2D eigenvalue weighted by molar-refractivity contribution is 6.02. The number of rotatable bonds is 12. The topological polar surface area (TPSA) is 170 Å². The Morgan fingerprint density at radius 3 is 2.15 bits per heavy atom. The molecular weight excluding hydrogens is 593 g/mol. The van der Waals surface area contributed by atoms with Crippen LogP contribution in [0, 0.1) is 29.5 Å². The number of hydrogen-bond donors (Lipinski definition) is 5. The fourth-order valence-electron chi connectivity index (χ4n) is 3.87. The minimum absolute atomic E-state index is 0.0840. The molecule has 2 aromatic carbocycles. The molecule has 3 unspecified atom stereocenters. The van der Waals surface area contributed by atoms with Gasteiger partial charge < -0.3 is 31.1 Å². The van der Waals surface area contributed by atoms with Crippen molar-refractivity contribution in [2.24, 2.45) is 5.41 Å². The first kappa shape index (κ1) is 37.4. The number of hydrogen-bond acceptors (Lipinski definition) is 7. The summed E-state index contributed by atoms with van der Waals surface area (Å²) in [4.78, 5) is 51.4. The molecule has 3 atom stereocenters. The molecule has 0 radical (unpaired) electrons. The van der Waals surface area contributed by atoms with Gasteiger partial charge in [-0.15, -0.1) is 0 Å². The first-order chi connectivity index (χ1) is 21.3. The van der Waals surface area contributed by atoms with Crippen molar-refractivity contribution in [3.8, 4) is 11.8 Å². The van der Waals surface area contributed by atoms with Gasteiger partial charge in [-0.2, -0.15) is 5.26 Å². The highest BCUT2D eigenvalue weighted by atomic mass is 19.1. The Morgan fingerprint density at radius 1 is 1.00 bits per heavy atom. The average Bonchev–Trinajstić information content (AvgIpc) is 2.94. The molecule has 0 saturated carbocycles. The van der Waals surface area contributed by atoms with E-state index in [-0.39, 0.29) is 24.3 Å². The van der Waals surface area contributed by atoms with Crippen LogP contribution in [0.1, 0.15) is 65.2 Å². The van der Waals surface area contributed by atoms with Crippen molar-refractivity contribution in [1.82, 2.24) is 21.3 Å². The quantitative estimate of drug-likeness (QED) is 0.176. The number of aliphatic hydroxyl groups excluding tert-OH is 1. The zero-order chi connectivity index (χ0) is 34.8. The van der Waals surface area contributed by atoms with Crippen LogP contribution in [0.25, 0.3) is 6.08 Å². The van der Waals surface area contributed by atoms with Gasteiger partial charge in [-0.3, -0.25) is 19.2 Å². The molecule has 0 fully saturated rings. The summed E-state index contributed by atoms with van der Waals surface area (Å²) >= 11 is 0. The number of carbonyl (C=O) groups excluding carboxylic acids is 4. The van der Waals surface area contributed by atoms with Crippen molar-refractivity contribution >= 4 is 29.7 Å². The molecule has 0 saturated heterocycles. The summed E-state index contributed by atoms with van der Waals surface area (Å²) in [6.07, 6.45) is 0.134. The van der Waals surface area contributed by atoms with Crippen LogP contribution in [0.5, 0.6) is 5.75 Å². The second kappa shape index (κ2) is 16.0. The number of benzene rings is 2. The summed E-state index contributed by atoms with van der Waals surface area (Å²) in [7, 11) is 0. The van der Waals surface area contributed by atoms with Gasteiger partial charge in [0.05, 0.1) is 6.10 Å². The Labute approximate surface area is 269 Å². The monoisotopic (exact) mass is 637 g/mol. The van der Waals surface area contributed by atoms with Crippen LogP contribution in [0.2, 0.25) is 0 Å². The molecule has 5 N–H and O–H groups in total. The van der Waals surface area contributed by atoms with Crippen LogP contribution in [-0.2, 0) is 25.7 Å². The molecule has 248 valence electrons. The maximum absolute atomic E-state index is 14.4. The van der Waals surface area contributed by atoms with Crippen molar-refractivity contribution in [3.63, 3.8) is 0 Å². The third kappa shape index (κ3) is 12.0. The van der Waals surface area contributed by atoms with Crippen molar-refractivity contribution in [2.45, 2.75) is 85.7 Å². The van der Waals surface area contributed by atoms with E-state index in [1.54, 1.807) is 84.9 Å². The van der Waals surface area contributed by atoms with Crippen molar-refractivity contribution < 1.29 is 33.4 Å². The molecule has 0 heterocycles. The molecular formula is C34H44FN5O6. The summed E-state index contributed by atoms with van der Waals surface area (Å²) in [6.45, 7) is 12.9. The standard InChI is InChI=1S/C34H44FN5O6/c1-20-9-12-23(26(35)15-20)18-37-30(43)27(38-31(44)28(21(2)41)39-32(45)33(3,4)5)19-46-25-13-10-22(11-14-25)16-24(17-36)29(42)40-34(6,7)8/h9-16,21,27-28,41H,18-19H2,1-8H3,(H,37,43)(H,38,44)(H,39,45)(H,40,42). The van der Waals surface area contributed by atoms with Crippen LogP contribution in [0.15, 0.2) is 48.0 Å². The molecule has 0 spiro atoms. The van der Waals surface area contributed by atoms with E-state index in [0.717, 1.165) is 0 Å². The Balaban J connectivity index is 2.24. The Morgan fingerprint density at radius 2 is 1.63 bits per heavy atom. The fraction of sp³-hybridized carbons (Fsp3) is 0.441. The fourth-order valence-corrected chi connectivity index (χ4v) is 3.87. The lowest BCUT2D eigenvalue weighted by Gasteiger charge is -2.27. The van der Waals surface area contributed by atoms with Gasteiger partial charge in [0.25, 0.3) is 5.91 Å². The van der Waals surface area contributed by atoms with E-state index in [1.165, 1.54) is 19.1 Å². The third-order valence-electron chi connectivity index (χ3n) is 6.49. The van der Waals surface area contributed by atoms with Crippen molar-refractivity contribution in [1.29, 1.82) is 5.26 Å². The van der Waals surface area contributed by atoms with Crippen LogP contribution in [0.4, 0.5) is 4.39 Å². The molecule has 12 heteroatoms. The van der Waals surface area contributed by atoms with Crippen LogP contribution < -0.4 is 26.0 Å². The highest BCUT2D eigenvalue weighted by Crippen LogP contribution is 2.17. The summed E-state index contributed by atoms with van der Waals surface area (Å²) in [5, 5.41) is 30.1. The van der Waals surface area contributed by atoms with E-state index in [2.05, 4.69) is 21.3 Å². The van der Waals surface area contributed by atoms with Crippen LogP contribution in [0.3, 0.4) is 0 Å². The number of nitrogens with one attached hydrogen (secondary N) is 4. The molecule has 11 nitrogen and oxygen atoms in total. The molecule has 0 aliphatic carbocycles. The van der Waals surface area contributed by atoms with E-state index >= 15 is 0 Å². The second-order valence-corrected chi connectivity index (χ2v) is 13.1. The number of aliphatic hydroxyl groups is 1. The normalized spacial score (nSPS) is 13.8. The molecule has 2 rings (SSSR count). The Hall–Kier alpha value is -4.76.